The zero-order valence-corrected chi connectivity index (χ0v) is 18.0. The fourth-order valence-corrected chi connectivity index (χ4v) is 4.41. The third-order valence-electron chi connectivity index (χ3n) is 4.95. The second-order valence-corrected chi connectivity index (χ2v) is 8.56. The molecule has 1 aromatic heterocycles. The lowest BCUT2D eigenvalue weighted by atomic mass is 9.99. The first-order valence-electron chi connectivity index (χ1n) is 9.01. The van der Waals surface area contributed by atoms with Crippen LogP contribution < -0.4 is 9.64 Å². The first kappa shape index (κ1) is 17.7. The lowest BCUT2D eigenvalue weighted by Crippen LogP contribution is -2.46. The predicted molar refractivity (Wildman–Crippen MR) is 120 cm³/mol. The Kier molecular flexibility index (Phi) is 4.57. The average Bonchev–Trinajstić information content (AvgIpc) is 2.72. The van der Waals surface area contributed by atoms with E-state index in [0.29, 0.717) is 0 Å². The Morgan fingerprint density at radius 1 is 0.964 bits per heavy atom. The summed E-state index contributed by atoms with van der Waals surface area (Å²) in [5, 5.41) is 0. The molecule has 0 amide bonds. The van der Waals surface area contributed by atoms with E-state index in [1.165, 1.54) is 0 Å². The van der Waals surface area contributed by atoms with Crippen LogP contribution in [0.15, 0.2) is 94.0 Å². The molecule has 0 radical (unpaired) electrons. The Labute approximate surface area is 180 Å². The van der Waals surface area contributed by atoms with Crippen LogP contribution in [-0.2, 0) is 0 Å². The third kappa shape index (κ3) is 3.19. The zero-order valence-electron chi connectivity index (χ0n) is 14.8. The van der Waals surface area contributed by atoms with E-state index in [-0.39, 0.29) is 12.1 Å². The number of fused-ring (bicyclic) bond motifs is 2. The highest BCUT2D eigenvalue weighted by Crippen LogP contribution is 2.44. The van der Waals surface area contributed by atoms with E-state index in [0.717, 1.165) is 37.3 Å². The molecule has 2 unspecified atom stereocenters. The van der Waals surface area contributed by atoms with Crippen LogP contribution in [0.3, 0.4) is 0 Å². The zero-order chi connectivity index (χ0) is 19.1. The van der Waals surface area contributed by atoms with E-state index in [1.54, 1.807) is 0 Å². The molecule has 5 rings (SSSR count). The smallest absolute Gasteiger partial charge is 0.145 e. The number of anilines is 2. The van der Waals surface area contributed by atoms with Gasteiger partial charge in [0.25, 0.3) is 0 Å². The molecule has 138 valence electrons. The van der Waals surface area contributed by atoms with Gasteiger partial charge in [-0.3, -0.25) is 4.98 Å². The van der Waals surface area contributed by atoms with Crippen molar-refractivity contribution in [2.24, 2.45) is 0 Å². The molecule has 2 aliphatic rings. The maximum absolute atomic E-state index is 6.28. The lowest BCUT2D eigenvalue weighted by molar-refractivity contribution is 0.217. The Balaban J connectivity index is 1.58. The fraction of sp³-hybridized carbons (Fsp3) is 0.0870. The number of hydrogen-bond acceptors (Lipinski definition) is 3. The highest BCUT2D eigenvalue weighted by molar-refractivity contribution is 9.12. The number of halogens is 2. The van der Waals surface area contributed by atoms with Crippen molar-refractivity contribution in [3.63, 3.8) is 0 Å². The van der Waals surface area contributed by atoms with Crippen molar-refractivity contribution in [1.82, 2.24) is 4.98 Å². The summed E-state index contributed by atoms with van der Waals surface area (Å²) in [6.07, 6.45) is 8.22. The number of aromatic nitrogens is 1. The van der Waals surface area contributed by atoms with Crippen molar-refractivity contribution in [3.8, 4) is 17.0 Å². The van der Waals surface area contributed by atoms with Crippen molar-refractivity contribution in [3.05, 3.63) is 94.0 Å². The van der Waals surface area contributed by atoms with Crippen LogP contribution in [-0.4, -0.2) is 17.1 Å². The van der Waals surface area contributed by atoms with E-state index in [9.17, 15) is 0 Å². The maximum Gasteiger partial charge on any atom is 0.145 e. The van der Waals surface area contributed by atoms with Crippen LogP contribution in [0.5, 0.6) is 5.75 Å². The highest BCUT2D eigenvalue weighted by atomic mass is 79.9. The van der Waals surface area contributed by atoms with Crippen molar-refractivity contribution >= 4 is 43.2 Å². The van der Waals surface area contributed by atoms with Gasteiger partial charge >= 0.3 is 0 Å². The normalized spacial score (nSPS) is 20.1. The maximum atomic E-state index is 6.28. The number of hydrogen-bond donors (Lipinski definition) is 0. The number of rotatable bonds is 2. The van der Waals surface area contributed by atoms with Gasteiger partial charge in [-0.2, -0.15) is 0 Å². The van der Waals surface area contributed by atoms with Gasteiger partial charge in [-0.1, -0.05) is 68.3 Å². The van der Waals surface area contributed by atoms with Gasteiger partial charge in [0, 0.05) is 14.5 Å². The Hall–Kier alpha value is -2.37. The molecule has 2 heterocycles. The van der Waals surface area contributed by atoms with E-state index >= 15 is 0 Å². The van der Waals surface area contributed by atoms with Gasteiger partial charge in [0.05, 0.1) is 29.3 Å². The van der Waals surface area contributed by atoms with Gasteiger partial charge in [-0.15, -0.1) is 0 Å². The molecule has 1 aliphatic heterocycles. The van der Waals surface area contributed by atoms with Gasteiger partial charge < -0.3 is 9.64 Å². The summed E-state index contributed by atoms with van der Waals surface area (Å²) in [5.41, 5.74) is 4.15. The van der Waals surface area contributed by atoms with Gasteiger partial charge in [0.2, 0.25) is 0 Å². The quantitative estimate of drug-likeness (QED) is 0.399. The molecular weight excluding hydrogens is 480 g/mol. The van der Waals surface area contributed by atoms with E-state index in [1.807, 2.05) is 36.5 Å². The topological polar surface area (TPSA) is 25.4 Å². The van der Waals surface area contributed by atoms with Crippen LogP contribution in [0.1, 0.15) is 0 Å². The van der Waals surface area contributed by atoms with Gasteiger partial charge in [0.15, 0.2) is 0 Å². The summed E-state index contributed by atoms with van der Waals surface area (Å²) >= 11 is 7.12. The molecule has 2 atom stereocenters. The molecule has 3 aromatic rings. The minimum Gasteiger partial charge on any atom is -0.482 e. The van der Waals surface area contributed by atoms with Gasteiger partial charge in [-0.05, 0) is 42.5 Å². The number of benzene rings is 2. The second kappa shape index (κ2) is 7.22. The Bertz CT molecular complexity index is 1080. The molecular formula is C23H16Br2N2O. The average molecular weight is 496 g/mol. The molecule has 0 saturated carbocycles. The first-order valence-corrected chi connectivity index (χ1v) is 10.6. The van der Waals surface area contributed by atoms with Crippen LogP contribution in [0.25, 0.3) is 11.3 Å². The van der Waals surface area contributed by atoms with Crippen LogP contribution in [0.2, 0.25) is 0 Å². The van der Waals surface area contributed by atoms with Crippen LogP contribution in [0.4, 0.5) is 11.4 Å². The number of pyridine rings is 1. The predicted octanol–water partition coefficient (Wildman–Crippen LogP) is 6.63. The summed E-state index contributed by atoms with van der Waals surface area (Å²) in [4.78, 5) is 7.02. The van der Waals surface area contributed by atoms with Crippen molar-refractivity contribution in [2.75, 3.05) is 4.90 Å². The summed E-state index contributed by atoms with van der Waals surface area (Å²) in [6, 6.07) is 20.6. The molecule has 5 heteroatoms. The SMILES string of the molecule is BrC1=CC2Oc3cc(Br)ccc3N(c3ccc(-c4ccccc4)nc3)C2C=C1. The first-order chi connectivity index (χ1) is 13.7. The molecule has 0 fully saturated rings. The van der Waals surface area contributed by atoms with Crippen molar-refractivity contribution in [1.29, 1.82) is 0 Å². The number of allylic oxidation sites excluding steroid dienone is 2. The third-order valence-corrected chi connectivity index (χ3v) is 5.97. The molecule has 3 nitrogen and oxygen atoms in total. The molecule has 0 bridgehead atoms. The van der Waals surface area contributed by atoms with Crippen LogP contribution >= 0.6 is 31.9 Å². The summed E-state index contributed by atoms with van der Waals surface area (Å²) < 4.78 is 8.31. The summed E-state index contributed by atoms with van der Waals surface area (Å²) in [5.74, 6) is 0.856. The Morgan fingerprint density at radius 3 is 2.61 bits per heavy atom. The molecule has 0 spiro atoms. The van der Waals surface area contributed by atoms with Crippen molar-refractivity contribution in [2.45, 2.75) is 12.1 Å². The van der Waals surface area contributed by atoms with Gasteiger partial charge in [-0.25, -0.2) is 0 Å². The minimum atomic E-state index is -0.0741. The summed E-state index contributed by atoms with van der Waals surface area (Å²) in [7, 11) is 0. The molecule has 1 aliphatic carbocycles. The minimum absolute atomic E-state index is 0.0688. The molecule has 28 heavy (non-hydrogen) atoms. The van der Waals surface area contributed by atoms with Gasteiger partial charge in [0.1, 0.15) is 11.9 Å². The largest absolute Gasteiger partial charge is 0.482 e. The molecule has 2 aromatic carbocycles. The fourth-order valence-electron chi connectivity index (χ4n) is 3.66. The lowest BCUT2D eigenvalue weighted by Gasteiger charge is -2.42. The standard InChI is InChI=1S/C23H16Br2N2O/c24-16-6-10-20-22(12-16)28-23-13-17(25)7-11-21(23)27(20)18-8-9-19(26-14-18)15-4-2-1-3-5-15/h1-14,20,22H. The summed E-state index contributed by atoms with van der Waals surface area (Å²) in [6.45, 7) is 0. The van der Waals surface area contributed by atoms with E-state index in [4.69, 9.17) is 9.72 Å². The van der Waals surface area contributed by atoms with E-state index in [2.05, 4.69) is 85.3 Å². The number of nitrogens with zero attached hydrogens (tertiary/aromatic N) is 2. The number of ether oxygens (including phenoxy) is 1. The van der Waals surface area contributed by atoms with E-state index < -0.39 is 0 Å². The van der Waals surface area contributed by atoms with Crippen molar-refractivity contribution < 1.29 is 4.74 Å². The monoisotopic (exact) mass is 494 g/mol. The Morgan fingerprint density at radius 2 is 1.82 bits per heavy atom. The molecule has 0 saturated heterocycles. The van der Waals surface area contributed by atoms with Crippen LogP contribution in [0, 0.1) is 0 Å². The highest BCUT2D eigenvalue weighted by Gasteiger charge is 2.36. The molecule has 0 N–H and O–H groups in total. The second-order valence-electron chi connectivity index (χ2n) is 6.73.